The lowest BCUT2D eigenvalue weighted by molar-refractivity contribution is -0.122. The highest BCUT2D eigenvalue weighted by molar-refractivity contribution is 5.95. The quantitative estimate of drug-likeness (QED) is 0.546. The average Bonchev–Trinajstić information content (AvgIpc) is 2.78. The van der Waals surface area contributed by atoms with Crippen LogP contribution in [0, 0.1) is 5.82 Å². The molecule has 168 valence electrons. The zero-order chi connectivity index (χ0) is 23.1. The van der Waals surface area contributed by atoms with Crippen molar-refractivity contribution in [1.82, 2.24) is 9.78 Å². The van der Waals surface area contributed by atoms with E-state index >= 15 is 0 Å². The summed E-state index contributed by atoms with van der Waals surface area (Å²) in [5, 5.41) is 6.89. The number of nitrogens with zero attached hydrogens (tertiary/aromatic N) is 2. The van der Waals surface area contributed by atoms with Crippen LogP contribution >= 0.6 is 0 Å². The summed E-state index contributed by atoms with van der Waals surface area (Å²) in [5.74, 6) is 0.275. The van der Waals surface area contributed by atoms with E-state index in [1.165, 1.54) is 36.4 Å². The number of amides is 1. The summed E-state index contributed by atoms with van der Waals surface area (Å²) in [5.41, 5.74) is 0.394. The number of carbonyl (C=O) groups excluding carboxylic acids is 1. The molecule has 9 heteroatoms. The van der Waals surface area contributed by atoms with E-state index in [2.05, 4.69) is 10.4 Å². The SMILES string of the molecule is CCOc1ccc(OCC)c(NC(=O)[C@H](C)Oc2ccc(=O)n(-c3ccc(F)cc3)n2)c1. The molecule has 0 aliphatic heterocycles. The Kier molecular flexibility index (Phi) is 7.43. The van der Waals surface area contributed by atoms with Gasteiger partial charge in [-0.3, -0.25) is 9.59 Å². The summed E-state index contributed by atoms with van der Waals surface area (Å²) in [4.78, 5) is 24.9. The fourth-order valence-corrected chi connectivity index (χ4v) is 2.84. The van der Waals surface area contributed by atoms with E-state index in [0.717, 1.165) is 4.68 Å². The molecule has 0 radical (unpaired) electrons. The highest BCUT2D eigenvalue weighted by Gasteiger charge is 2.19. The molecular formula is C23H24FN3O5. The minimum Gasteiger partial charge on any atom is -0.494 e. The topological polar surface area (TPSA) is 91.7 Å². The molecular weight excluding hydrogens is 417 g/mol. The Hall–Kier alpha value is -3.88. The summed E-state index contributed by atoms with van der Waals surface area (Å²) < 4.78 is 30.9. The highest BCUT2D eigenvalue weighted by Crippen LogP contribution is 2.29. The van der Waals surface area contributed by atoms with Crippen LogP contribution in [0.15, 0.2) is 59.4 Å². The molecule has 0 saturated heterocycles. The Morgan fingerprint density at radius 1 is 1.06 bits per heavy atom. The van der Waals surface area contributed by atoms with Crippen LogP contribution in [-0.4, -0.2) is 35.0 Å². The third-order valence-corrected chi connectivity index (χ3v) is 4.33. The molecule has 0 aliphatic carbocycles. The first-order chi connectivity index (χ1) is 15.4. The maximum atomic E-state index is 13.2. The first-order valence-corrected chi connectivity index (χ1v) is 10.1. The molecule has 32 heavy (non-hydrogen) atoms. The van der Waals surface area contributed by atoms with Gasteiger partial charge >= 0.3 is 0 Å². The van der Waals surface area contributed by atoms with E-state index < -0.39 is 23.4 Å². The van der Waals surface area contributed by atoms with Crippen LogP contribution in [0.3, 0.4) is 0 Å². The zero-order valence-electron chi connectivity index (χ0n) is 18.0. The Balaban J connectivity index is 1.76. The number of anilines is 1. The molecule has 8 nitrogen and oxygen atoms in total. The molecule has 0 unspecified atom stereocenters. The smallest absolute Gasteiger partial charge is 0.271 e. The third kappa shape index (κ3) is 5.63. The Bertz CT molecular complexity index is 1130. The van der Waals surface area contributed by atoms with Gasteiger partial charge in [0.25, 0.3) is 11.5 Å². The average molecular weight is 441 g/mol. The summed E-state index contributed by atoms with van der Waals surface area (Å²) in [7, 11) is 0. The minimum atomic E-state index is -0.938. The third-order valence-electron chi connectivity index (χ3n) is 4.33. The van der Waals surface area contributed by atoms with Crippen LogP contribution in [0.5, 0.6) is 17.4 Å². The molecule has 0 spiro atoms. The lowest BCUT2D eigenvalue weighted by Crippen LogP contribution is -2.31. The standard InChI is InChI=1S/C23H24FN3O5/c1-4-30-18-10-11-20(31-5-2)19(14-18)25-23(29)15(3)32-21-12-13-22(28)27(26-21)17-8-6-16(24)7-9-17/h6-15H,4-5H2,1-3H3,(H,25,29)/t15-/m0/s1. The second kappa shape index (κ2) is 10.4. The summed E-state index contributed by atoms with van der Waals surface area (Å²) in [6.07, 6.45) is -0.938. The van der Waals surface area contributed by atoms with Crippen molar-refractivity contribution >= 4 is 11.6 Å². The monoisotopic (exact) mass is 441 g/mol. The maximum Gasteiger partial charge on any atom is 0.271 e. The van der Waals surface area contributed by atoms with Gasteiger partial charge in [0.15, 0.2) is 6.10 Å². The van der Waals surface area contributed by atoms with E-state index in [1.807, 2.05) is 13.8 Å². The number of hydrogen-bond donors (Lipinski definition) is 1. The van der Waals surface area contributed by atoms with E-state index in [1.54, 1.807) is 25.1 Å². The molecule has 0 fully saturated rings. The van der Waals surface area contributed by atoms with Crippen LogP contribution in [-0.2, 0) is 4.79 Å². The van der Waals surface area contributed by atoms with Gasteiger partial charge in [0, 0.05) is 18.2 Å². The van der Waals surface area contributed by atoms with Crippen molar-refractivity contribution in [3.8, 4) is 23.1 Å². The van der Waals surface area contributed by atoms with Gasteiger partial charge in [-0.1, -0.05) is 0 Å². The molecule has 3 aromatic rings. The van der Waals surface area contributed by atoms with Crippen molar-refractivity contribution in [2.75, 3.05) is 18.5 Å². The van der Waals surface area contributed by atoms with Gasteiger partial charge in [-0.2, -0.15) is 4.68 Å². The minimum absolute atomic E-state index is 0.0599. The molecule has 0 bridgehead atoms. The van der Waals surface area contributed by atoms with E-state index in [0.29, 0.717) is 36.1 Å². The number of halogens is 1. The van der Waals surface area contributed by atoms with Crippen LogP contribution in [0.25, 0.3) is 5.69 Å². The first-order valence-electron chi connectivity index (χ1n) is 10.1. The number of benzene rings is 2. The largest absolute Gasteiger partial charge is 0.494 e. The van der Waals surface area contributed by atoms with Crippen molar-refractivity contribution in [3.63, 3.8) is 0 Å². The fraction of sp³-hybridized carbons (Fsp3) is 0.261. The predicted molar refractivity (Wildman–Crippen MR) is 117 cm³/mol. The molecule has 1 heterocycles. The molecule has 1 aromatic heterocycles. The second-order valence-electron chi connectivity index (χ2n) is 6.67. The van der Waals surface area contributed by atoms with Crippen LogP contribution in [0.2, 0.25) is 0 Å². The Labute approximate surface area is 184 Å². The zero-order valence-corrected chi connectivity index (χ0v) is 18.0. The number of ether oxygens (including phenoxy) is 3. The van der Waals surface area contributed by atoms with E-state index in [4.69, 9.17) is 14.2 Å². The number of aromatic nitrogens is 2. The molecule has 3 rings (SSSR count). The molecule has 0 aliphatic rings. The molecule has 1 N–H and O–H groups in total. The summed E-state index contributed by atoms with van der Waals surface area (Å²) >= 11 is 0. The summed E-state index contributed by atoms with van der Waals surface area (Å²) in [6, 6.07) is 13.1. The molecule has 1 amide bonds. The Morgan fingerprint density at radius 3 is 2.47 bits per heavy atom. The van der Waals surface area contributed by atoms with Gasteiger partial charge in [-0.25, -0.2) is 4.39 Å². The number of nitrogens with one attached hydrogen (secondary N) is 1. The second-order valence-corrected chi connectivity index (χ2v) is 6.67. The van der Waals surface area contributed by atoms with Crippen molar-refractivity contribution < 1.29 is 23.4 Å². The summed E-state index contributed by atoms with van der Waals surface area (Å²) in [6.45, 7) is 6.17. The van der Waals surface area contributed by atoms with Gasteiger partial charge in [0.2, 0.25) is 5.88 Å². The lowest BCUT2D eigenvalue weighted by atomic mass is 10.2. The van der Waals surface area contributed by atoms with E-state index in [9.17, 15) is 14.0 Å². The van der Waals surface area contributed by atoms with Crippen LogP contribution in [0.4, 0.5) is 10.1 Å². The predicted octanol–water partition coefficient (Wildman–Crippen LogP) is 3.58. The normalized spacial score (nSPS) is 11.5. The van der Waals surface area contributed by atoms with Gasteiger partial charge in [0.05, 0.1) is 24.6 Å². The van der Waals surface area contributed by atoms with Crippen LogP contribution < -0.4 is 25.1 Å². The Morgan fingerprint density at radius 2 is 1.78 bits per heavy atom. The fourth-order valence-electron chi connectivity index (χ4n) is 2.84. The van der Waals surface area contributed by atoms with Gasteiger partial charge in [0.1, 0.15) is 17.3 Å². The van der Waals surface area contributed by atoms with E-state index in [-0.39, 0.29) is 5.88 Å². The van der Waals surface area contributed by atoms with Crippen molar-refractivity contribution in [3.05, 3.63) is 70.8 Å². The van der Waals surface area contributed by atoms with Gasteiger partial charge in [-0.05, 0) is 57.2 Å². The van der Waals surface area contributed by atoms with Gasteiger partial charge in [-0.15, -0.1) is 5.10 Å². The maximum absolute atomic E-state index is 13.2. The van der Waals surface area contributed by atoms with Crippen molar-refractivity contribution in [2.24, 2.45) is 0 Å². The first kappa shape index (κ1) is 22.8. The number of rotatable bonds is 9. The van der Waals surface area contributed by atoms with Crippen molar-refractivity contribution in [2.45, 2.75) is 26.9 Å². The molecule has 1 atom stereocenters. The highest BCUT2D eigenvalue weighted by atomic mass is 19.1. The number of hydrogen-bond acceptors (Lipinski definition) is 6. The molecule has 0 saturated carbocycles. The number of carbonyl (C=O) groups is 1. The molecule has 2 aromatic carbocycles. The van der Waals surface area contributed by atoms with Crippen molar-refractivity contribution in [1.29, 1.82) is 0 Å². The van der Waals surface area contributed by atoms with Gasteiger partial charge < -0.3 is 19.5 Å². The lowest BCUT2D eigenvalue weighted by Gasteiger charge is -2.17. The van der Waals surface area contributed by atoms with Crippen LogP contribution in [0.1, 0.15) is 20.8 Å².